The Morgan fingerprint density at radius 2 is 1.88 bits per heavy atom. The van der Waals surface area contributed by atoms with E-state index in [9.17, 15) is 4.39 Å². The number of nitrogens with zero attached hydrogens (tertiary/aromatic N) is 3. The maximum atomic E-state index is 15.5. The fourth-order valence-corrected chi connectivity index (χ4v) is 5.54. The second-order valence-corrected chi connectivity index (χ2v) is 13.2. The molecule has 3 heterocycles. The van der Waals surface area contributed by atoms with Gasteiger partial charge >= 0.3 is 0 Å². The number of aromatic amines is 1. The van der Waals surface area contributed by atoms with Gasteiger partial charge in [-0.3, -0.25) is 5.10 Å². The Hall–Kier alpha value is -1.86. The van der Waals surface area contributed by atoms with Crippen molar-refractivity contribution in [3.63, 3.8) is 0 Å². The average molecular weight is 381 g/mol. The third-order valence-electron chi connectivity index (χ3n) is 5.10. The molecule has 25 heavy (non-hydrogen) atoms. The Bertz CT molecular complexity index is 963. The summed E-state index contributed by atoms with van der Waals surface area (Å²) in [6.45, 7) is 10.0. The van der Waals surface area contributed by atoms with Gasteiger partial charge in [0.25, 0.3) is 0 Å². The maximum Gasteiger partial charge on any atom is 0.232 e. The van der Waals surface area contributed by atoms with E-state index in [1.165, 1.54) is 0 Å². The van der Waals surface area contributed by atoms with Crippen LogP contribution in [0, 0.1) is 11.8 Å². The minimum Gasteiger partial charge on any atom is -0.273 e. The molecule has 0 aromatic carbocycles. The molecule has 0 aliphatic carbocycles. The highest BCUT2D eigenvalue weighted by atomic mass is 35.5. The SMILES string of the molecule is CC(C)(C)[Si](C)(C)c1c(F)c(-c2[nH]nc3ncccc23)nc(F)c1Cl. The lowest BCUT2D eigenvalue weighted by atomic mass is 10.2. The van der Waals surface area contributed by atoms with Crippen LogP contribution in [0.15, 0.2) is 18.3 Å². The number of halogens is 3. The summed E-state index contributed by atoms with van der Waals surface area (Å²) < 4.78 is 30.0. The molecule has 1 N–H and O–H groups in total. The number of rotatable bonds is 2. The zero-order valence-electron chi connectivity index (χ0n) is 14.7. The van der Waals surface area contributed by atoms with Crippen LogP contribution in [0.3, 0.4) is 0 Å². The van der Waals surface area contributed by atoms with E-state index < -0.39 is 19.8 Å². The van der Waals surface area contributed by atoms with E-state index in [2.05, 4.69) is 20.2 Å². The van der Waals surface area contributed by atoms with Crippen LogP contribution in [0.5, 0.6) is 0 Å². The number of hydrogen-bond donors (Lipinski definition) is 1. The first kappa shape index (κ1) is 17.9. The summed E-state index contributed by atoms with van der Waals surface area (Å²) in [6.07, 6.45) is 1.58. The Kier molecular flexibility index (Phi) is 4.19. The molecule has 3 rings (SSSR count). The van der Waals surface area contributed by atoms with E-state index in [0.717, 1.165) is 0 Å². The van der Waals surface area contributed by atoms with Crippen molar-refractivity contribution >= 4 is 35.9 Å². The number of H-pyrrole nitrogens is 1. The zero-order chi connectivity index (χ0) is 18.6. The molecule has 0 aliphatic rings. The zero-order valence-corrected chi connectivity index (χ0v) is 16.5. The highest BCUT2D eigenvalue weighted by Gasteiger charge is 2.42. The van der Waals surface area contributed by atoms with Crippen molar-refractivity contribution in [1.82, 2.24) is 20.2 Å². The second kappa shape index (κ2) is 5.84. The number of hydrogen-bond acceptors (Lipinski definition) is 3. The smallest absolute Gasteiger partial charge is 0.232 e. The lowest BCUT2D eigenvalue weighted by Gasteiger charge is -2.38. The number of fused-ring (bicyclic) bond motifs is 1. The molecule has 3 aromatic heterocycles. The molecule has 0 spiro atoms. The summed E-state index contributed by atoms with van der Waals surface area (Å²) in [7, 11) is -2.45. The van der Waals surface area contributed by atoms with E-state index in [1.54, 1.807) is 18.3 Å². The molecule has 132 valence electrons. The third kappa shape index (κ3) is 2.75. The van der Waals surface area contributed by atoms with Gasteiger partial charge in [-0.2, -0.15) is 9.49 Å². The van der Waals surface area contributed by atoms with Gasteiger partial charge < -0.3 is 0 Å². The van der Waals surface area contributed by atoms with Crippen LogP contribution in [-0.2, 0) is 0 Å². The first-order valence-electron chi connectivity index (χ1n) is 7.90. The molecule has 0 bridgehead atoms. The van der Waals surface area contributed by atoms with Gasteiger partial charge in [-0.25, -0.2) is 14.4 Å². The van der Waals surface area contributed by atoms with Crippen molar-refractivity contribution in [3.8, 4) is 11.4 Å². The molecule has 0 radical (unpaired) electrons. The van der Waals surface area contributed by atoms with Crippen molar-refractivity contribution in [2.45, 2.75) is 38.9 Å². The number of pyridine rings is 2. The molecular weight excluding hydrogens is 362 g/mol. The number of nitrogens with one attached hydrogen (secondary N) is 1. The first-order chi connectivity index (χ1) is 11.6. The van der Waals surface area contributed by atoms with E-state index in [1.807, 2.05) is 33.9 Å². The normalized spacial score (nSPS) is 12.8. The predicted molar refractivity (Wildman–Crippen MR) is 98.9 cm³/mol. The minimum absolute atomic E-state index is 0.114. The molecule has 8 heteroatoms. The highest BCUT2D eigenvalue weighted by Crippen LogP contribution is 2.39. The van der Waals surface area contributed by atoms with Gasteiger partial charge in [0.15, 0.2) is 11.5 Å². The predicted octanol–water partition coefficient (Wildman–Crippen LogP) is 4.67. The van der Waals surface area contributed by atoms with Gasteiger partial charge in [0.1, 0.15) is 5.69 Å². The van der Waals surface area contributed by atoms with Crippen molar-refractivity contribution in [2.24, 2.45) is 0 Å². The molecule has 4 nitrogen and oxygen atoms in total. The quantitative estimate of drug-likeness (QED) is 0.519. The summed E-state index contributed by atoms with van der Waals surface area (Å²) in [4.78, 5) is 7.87. The average Bonchev–Trinajstić information content (AvgIpc) is 2.93. The second-order valence-electron chi connectivity index (χ2n) is 7.60. The molecule has 0 fully saturated rings. The highest BCUT2D eigenvalue weighted by molar-refractivity contribution is 6.93. The van der Waals surface area contributed by atoms with Crippen LogP contribution in [0.4, 0.5) is 8.78 Å². The van der Waals surface area contributed by atoms with Gasteiger partial charge in [-0.05, 0) is 17.2 Å². The molecular formula is C17H19ClF2N4Si. The van der Waals surface area contributed by atoms with Crippen LogP contribution in [0.1, 0.15) is 20.8 Å². The van der Waals surface area contributed by atoms with Gasteiger partial charge in [0.2, 0.25) is 5.95 Å². The lowest BCUT2D eigenvalue weighted by Crippen LogP contribution is -2.52. The maximum absolute atomic E-state index is 15.5. The molecule has 0 saturated heterocycles. The van der Waals surface area contributed by atoms with Crippen LogP contribution >= 0.6 is 11.6 Å². The summed E-state index contributed by atoms with van der Waals surface area (Å²) >= 11 is 6.16. The topological polar surface area (TPSA) is 54.5 Å². The van der Waals surface area contributed by atoms with Gasteiger partial charge in [0.05, 0.1) is 18.8 Å². The Morgan fingerprint density at radius 3 is 2.52 bits per heavy atom. The van der Waals surface area contributed by atoms with Crippen molar-refractivity contribution < 1.29 is 8.78 Å². The van der Waals surface area contributed by atoms with Crippen molar-refractivity contribution in [1.29, 1.82) is 0 Å². The minimum atomic E-state index is -2.45. The molecule has 0 atom stereocenters. The van der Waals surface area contributed by atoms with Crippen LogP contribution in [-0.4, -0.2) is 28.2 Å². The van der Waals surface area contributed by atoms with Crippen LogP contribution < -0.4 is 5.19 Å². The fourth-order valence-electron chi connectivity index (χ4n) is 2.63. The van der Waals surface area contributed by atoms with E-state index in [0.29, 0.717) is 16.7 Å². The first-order valence-corrected chi connectivity index (χ1v) is 11.3. The molecule has 0 saturated carbocycles. The molecule has 0 aliphatic heterocycles. The molecule has 3 aromatic rings. The summed E-state index contributed by atoms with van der Waals surface area (Å²) in [5.74, 6) is -1.46. The standard InChI is InChI=1S/C17H19ClF2N4Si/c1-17(2,3)25(4,5)14-10(18)15(20)22-13(11(14)19)12-9-7-6-8-21-16(9)24-23-12/h6-8H,1-5H3,(H,21,23,24). The number of aromatic nitrogens is 4. The van der Waals surface area contributed by atoms with Gasteiger partial charge in [-0.15, -0.1) is 0 Å². The largest absolute Gasteiger partial charge is 0.273 e. The van der Waals surface area contributed by atoms with Gasteiger partial charge in [0, 0.05) is 16.8 Å². The van der Waals surface area contributed by atoms with E-state index in [-0.39, 0.29) is 20.9 Å². The molecule has 0 unspecified atom stereocenters. The van der Waals surface area contributed by atoms with Crippen molar-refractivity contribution in [2.75, 3.05) is 0 Å². The van der Waals surface area contributed by atoms with Gasteiger partial charge in [-0.1, -0.05) is 45.5 Å². The van der Waals surface area contributed by atoms with Crippen LogP contribution in [0.2, 0.25) is 23.2 Å². The monoisotopic (exact) mass is 380 g/mol. The summed E-state index contributed by atoms with van der Waals surface area (Å²) in [5, 5.41) is 7.14. The third-order valence-corrected chi connectivity index (χ3v) is 11.1. The fraction of sp³-hybridized carbons (Fsp3) is 0.353. The van der Waals surface area contributed by atoms with E-state index in [4.69, 9.17) is 11.6 Å². The summed E-state index contributed by atoms with van der Waals surface area (Å²) in [5.41, 5.74) is 0.608. The van der Waals surface area contributed by atoms with Crippen molar-refractivity contribution in [3.05, 3.63) is 35.1 Å². The Balaban J connectivity index is 2.34. The molecule has 0 amide bonds. The Morgan fingerprint density at radius 1 is 1.20 bits per heavy atom. The van der Waals surface area contributed by atoms with Crippen LogP contribution in [0.25, 0.3) is 22.4 Å². The Labute approximate surface area is 150 Å². The summed E-state index contributed by atoms with van der Waals surface area (Å²) in [6, 6.07) is 3.45. The van der Waals surface area contributed by atoms with E-state index >= 15 is 4.39 Å². The lowest BCUT2D eigenvalue weighted by molar-refractivity contribution is 0.567.